The number of carbonyl (C=O) groups is 2. The summed E-state index contributed by atoms with van der Waals surface area (Å²) < 4.78 is 0. The molecule has 24 heavy (non-hydrogen) atoms. The van der Waals surface area contributed by atoms with Gasteiger partial charge >= 0.3 is 0 Å². The van der Waals surface area contributed by atoms with Crippen molar-refractivity contribution in [1.29, 1.82) is 0 Å². The van der Waals surface area contributed by atoms with Crippen LogP contribution in [-0.2, 0) is 4.79 Å². The molecule has 0 radical (unpaired) electrons. The Labute approximate surface area is 143 Å². The maximum atomic E-state index is 12.4. The maximum absolute atomic E-state index is 12.4. The molecule has 2 amide bonds. The summed E-state index contributed by atoms with van der Waals surface area (Å²) >= 11 is 0. The van der Waals surface area contributed by atoms with Gasteiger partial charge in [0.2, 0.25) is 5.91 Å². The average molecular weight is 324 g/mol. The highest BCUT2D eigenvalue weighted by Gasteiger charge is 2.09. The lowest BCUT2D eigenvalue weighted by Crippen LogP contribution is -2.14. The monoisotopic (exact) mass is 324 g/mol. The molecule has 0 saturated carbocycles. The van der Waals surface area contributed by atoms with E-state index in [1.807, 2.05) is 32.0 Å². The van der Waals surface area contributed by atoms with E-state index in [0.717, 1.165) is 29.7 Å². The van der Waals surface area contributed by atoms with Gasteiger partial charge in [0.1, 0.15) is 0 Å². The Morgan fingerprint density at radius 1 is 0.958 bits per heavy atom. The zero-order valence-corrected chi connectivity index (χ0v) is 14.5. The molecule has 0 aliphatic rings. The van der Waals surface area contributed by atoms with Crippen LogP contribution in [0.25, 0.3) is 0 Å². The molecule has 126 valence electrons. The number of unbranched alkanes of at least 4 members (excludes halogenated alkanes) is 1. The van der Waals surface area contributed by atoms with Crippen LogP contribution in [0.3, 0.4) is 0 Å². The van der Waals surface area contributed by atoms with E-state index in [-0.39, 0.29) is 11.8 Å². The van der Waals surface area contributed by atoms with Crippen LogP contribution in [0.5, 0.6) is 0 Å². The van der Waals surface area contributed by atoms with Gasteiger partial charge in [-0.2, -0.15) is 0 Å². The molecule has 2 aromatic carbocycles. The number of carbonyl (C=O) groups excluding carboxylic acids is 2. The van der Waals surface area contributed by atoms with Gasteiger partial charge in [0.25, 0.3) is 5.91 Å². The number of benzene rings is 2. The second kappa shape index (κ2) is 8.29. The predicted octanol–water partition coefficient (Wildman–Crippen LogP) is 4.68. The fourth-order valence-corrected chi connectivity index (χ4v) is 2.33. The van der Waals surface area contributed by atoms with E-state index >= 15 is 0 Å². The van der Waals surface area contributed by atoms with Crippen LogP contribution in [-0.4, -0.2) is 11.8 Å². The Balaban J connectivity index is 2.00. The zero-order valence-electron chi connectivity index (χ0n) is 14.5. The minimum absolute atomic E-state index is 0.00411. The molecule has 4 nitrogen and oxygen atoms in total. The molecule has 0 bridgehead atoms. The fraction of sp³-hybridized carbons (Fsp3) is 0.300. The van der Waals surface area contributed by atoms with Crippen molar-refractivity contribution in [2.45, 2.75) is 40.0 Å². The second-order valence-electron chi connectivity index (χ2n) is 6.00. The Hall–Kier alpha value is -2.62. The molecule has 0 saturated heterocycles. The van der Waals surface area contributed by atoms with Crippen molar-refractivity contribution in [1.82, 2.24) is 0 Å². The van der Waals surface area contributed by atoms with Crippen molar-refractivity contribution in [2.75, 3.05) is 10.6 Å². The second-order valence-corrected chi connectivity index (χ2v) is 6.00. The van der Waals surface area contributed by atoms with Crippen molar-refractivity contribution >= 4 is 23.2 Å². The van der Waals surface area contributed by atoms with Gasteiger partial charge in [0.15, 0.2) is 0 Å². The minimum atomic E-state index is -0.160. The summed E-state index contributed by atoms with van der Waals surface area (Å²) in [6.45, 7) is 6.01. The number of rotatable bonds is 6. The Morgan fingerprint density at radius 3 is 2.33 bits per heavy atom. The third-order valence-electron chi connectivity index (χ3n) is 3.83. The summed E-state index contributed by atoms with van der Waals surface area (Å²) in [4.78, 5) is 24.1. The van der Waals surface area contributed by atoms with E-state index in [4.69, 9.17) is 0 Å². The molecule has 0 heterocycles. The van der Waals surface area contributed by atoms with Gasteiger partial charge in [-0.25, -0.2) is 0 Å². The lowest BCUT2D eigenvalue weighted by molar-refractivity contribution is -0.116. The summed E-state index contributed by atoms with van der Waals surface area (Å²) in [7, 11) is 0. The Morgan fingerprint density at radius 2 is 1.67 bits per heavy atom. The van der Waals surface area contributed by atoms with E-state index in [0.29, 0.717) is 17.7 Å². The lowest BCUT2D eigenvalue weighted by atomic mass is 10.1. The molecule has 0 unspecified atom stereocenters. The average Bonchev–Trinajstić information content (AvgIpc) is 2.57. The van der Waals surface area contributed by atoms with Crippen LogP contribution in [0.4, 0.5) is 11.4 Å². The molecule has 0 aliphatic carbocycles. The van der Waals surface area contributed by atoms with Crippen molar-refractivity contribution in [2.24, 2.45) is 0 Å². The minimum Gasteiger partial charge on any atom is -0.326 e. The van der Waals surface area contributed by atoms with E-state index < -0.39 is 0 Å². The number of hydrogen-bond acceptors (Lipinski definition) is 2. The lowest BCUT2D eigenvalue weighted by Gasteiger charge is -2.10. The van der Waals surface area contributed by atoms with Gasteiger partial charge < -0.3 is 10.6 Å². The van der Waals surface area contributed by atoms with Gasteiger partial charge in [0.05, 0.1) is 0 Å². The first-order valence-corrected chi connectivity index (χ1v) is 8.28. The molecular weight excluding hydrogens is 300 g/mol. The number of aryl methyl sites for hydroxylation is 2. The summed E-state index contributed by atoms with van der Waals surface area (Å²) in [5, 5.41) is 5.77. The van der Waals surface area contributed by atoms with E-state index in [1.54, 1.807) is 24.3 Å². The third kappa shape index (κ3) is 4.95. The summed E-state index contributed by atoms with van der Waals surface area (Å²) in [5.74, 6) is -0.156. The van der Waals surface area contributed by atoms with Crippen LogP contribution < -0.4 is 10.6 Å². The molecule has 4 heteroatoms. The highest BCUT2D eigenvalue weighted by molar-refractivity contribution is 6.05. The summed E-state index contributed by atoms with van der Waals surface area (Å²) in [6.07, 6.45) is 2.39. The molecular formula is C20H24N2O2. The van der Waals surface area contributed by atoms with Crippen LogP contribution in [0.15, 0.2) is 42.5 Å². The quantitative estimate of drug-likeness (QED) is 0.810. The standard InChI is InChI=1S/C20H24N2O2/c1-4-5-6-19(23)21-17-11-9-16(10-12-17)20(24)22-18-13-14(2)7-8-15(18)3/h7-13H,4-6H2,1-3H3,(H,21,23)(H,22,24). The SMILES string of the molecule is CCCCC(=O)Nc1ccc(C(=O)Nc2cc(C)ccc2C)cc1. The largest absolute Gasteiger partial charge is 0.326 e. The van der Waals surface area contributed by atoms with E-state index in [1.165, 1.54) is 0 Å². The maximum Gasteiger partial charge on any atom is 0.255 e. The first-order chi connectivity index (χ1) is 11.5. The van der Waals surface area contributed by atoms with Crippen molar-refractivity contribution in [3.8, 4) is 0 Å². The van der Waals surface area contributed by atoms with Crippen molar-refractivity contribution in [3.05, 3.63) is 59.2 Å². The first kappa shape index (κ1) is 17.7. The zero-order chi connectivity index (χ0) is 17.5. The van der Waals surface area contributed by atoms with Crippen LogP contribution >= 0.6 is 0 Å². The normalized spacial score (nSPS) is 10.3. The Kier molecular flexibility index (Phi) is 6.13. The highest BCUT2D eigenvalue weighted by atomic mass is 16.2. The highest BCUT2D eigenvalue weighted by Crippen LogP contribution is 2.18. The molecule has 2 rings (SSSR count). The van der Waals surface area contributed by atoms with Gasteiger partial charge in [-0.05, 0) is 61.7 Å². The molecule has 0 spiro atoms. The Bertz CT molecular complexity index is 721. The van der Waals surface area contributed by atoms with E-state index in [9.17, 15) is 9.59 Å². The van der Waals surface area contributed by atoms with Crippen LogP contribution in [0, 0.1) is 13.8 Å². The van der Waals surface area contributed by atoms with Gasteiger partial charge in [-0.15, -0.1) is 0 Å². The van der Waals surface area contributed by atoms with Crippen LogP contribution in [0.1, 0.15) is 47.7 Å². The topological polar surface area (TPSA) is 58.2 Å². The summed E-state index contributed by atoms with van der Waals surface area (Å²) in [5.41, 5.74) is 4.20. The molecule has 2 N–H and O–H groups in total. The summed E-state index contributed by atoms with van der Waals surface area (Å²) in [6, 6.07) is 12.9. The molecule has 0 atom stereocenters. The molecule has 0 fully saturated rings. The van der Waals surface area contributed by atoms with Gasteiger partial charge in [-0.1, -0.05) is 25.5 Å². The van der Waals surface area contributed by atoms with Crippen LogP contribution in [0.2, 0.25) is 0 Å². The molecule has 0 aromatic heterocycles. The fourth-order valence-electron chi connectivity index (χ4n) is 2.33. The van der Waals surface area contributed by atoms with Gasteiger partial charge in [0, 0.05) is 23.4 Å². The van der Waals surface area contributed by atoms with Gasteiger partial charge in [-0.3, -0.25) is 9.59 Å². The molecule has 0 aliphatic heterocycles. The first-order valence-electron chi connectivity index (χ1n) is 8.28. The number of nitrogens with one attached hydrogen (secondary N) is 2. The number of anilines is 2. The number of amides is 2. The number of hydrogen-bond donors (Lipinski definition) is 2. The predicted molar refractivity (Wildman–Crippen MR) is 98.5 cm³/mol. The van der Waals surface area contributed by atoms with E-state index in [2.05, 4.69) is 17.6 Å². The third-order valence-corrected chi connectivity index (χ3v) is 3.83. The van der Waals surface area contributed by atoms with Crippen molar-refractivity contribution < 1.29 is 9.59 Å². The smallest absolute Gasteiger partial charge is 0.255 e. The molecule has 2 aromatic rings. The van der Waals surface area contributed by atoms with Crippen molar-refractivity contribution in [3.63, 3.8) is 0 Å².